The Balaban J connectivity index is 1.47. The molecule has 1 saturated heterocycles. The number of rotatable bonds is 5. The number of alkyl halides is 3. The predicted octanol–water partition coefficient (Wildman–Crippen LogP) is 3.93. The van der Waals surface area contributed by atoms with Crippen molar-refractivity contribution in [2.75, 3.05) is 44.8 Å². The number of nitrogens with one attached hydrogen (secondary N) is 1. The highest BCUT2D eigenvalue weighted by molar-refractivity contribution is 5.75. The van der Waals surface area contributed by atoms with Gasteiger partial charge >= 0.3 is 6.18 Å². The SMILES string of the molecule is CC1=C2c3ccc(NCC(F)(F)F)cc3CCN2C(OCC2COCCO2)=CC1. The first-order chi connectivity index (χ1) is 13.9. The van der Waals surface area contributed by atoms with Gasteiger partial charge in [-0.3, -0.25) is 0 Å². The second kappa shape index (κ2) is 8.28. The molecular formula is C21H25F3N2O3. The lowest BCUT2D eigenvalue weighted by Crippen LogP contribution is -2.36. The normalized spacial score (nSPS) is 22.0. The summed E-state index contributed by atoms with van der Waals surface area (Å²) in [7, 11) is 0. The Morgan fingerprint density at radius 2 is 2.14 bits per heavy atom. The van der Waals surface area contributed by atoms with Crippen LogP contribution in [0.2, 0.25) is 0 Å². The van der Waals surface area contributed by atoms with Gasteiger partial charge in [-0.25, -0.2) is 0 Å². The van der Waals surface area contributed by atoms with Crippen LogP contribution in [0.4, 0.5) is 18.9 Å². The van der Waals surface area contributed by atoms with Crippen LogP contribution in [0.3, 0.4) is 0 Å². The molecule has 158 valence electrons. The number of allylic oxidation sites excluding steroid dienone is 2. The van der Waals surface area contributed by atoms with Crippen molar-refractivity contribution in [3.8, 4) is 0 Å². The summed E-state index contributed by atoms with van der Waals surface area (Å²) in [6.07, 6.45) is -0.723. The zero-order valence-electron chi connectivity index (χ0n) is 16.3. The molecule has 0 spiro atoms. The second-order valence-corrected chi connectivity index (χ2v) is 7.50. The molecule has 0 radical (unpaired) electrons. The van der Waals surface area contributed by atoms with Crippen LogP contribution in [-0.4, -0.2) is 56.7 Å². The first-order valence-corrected chi connectivity index (χ1v) is 9.84. The zero-order valence-corrected chi connectivity index (χ0v) is 16.3. The van der Waals surface area contributed by atoms with Gasteiger partial charge in [-0.15, -0.1) is 0 Å². The van der Waals surface area contributed by atoms with Crippen molar-refractivity contribution < 1.29 is 27.4 Å². The van der Waals surface area contributed by atoms with E-state index in [1.54, 1.807) is 6.07 Å². The molecule has 0 amide bonds. The molecule has 1 aromatic rings. The Morgan fingerprint density at radius 1 is 1.28 bits per heavy atom. The summed E-state index contributed by atoms with van der Waals surface area (Å²) in [6.45, 7) is 3.93. The molecule has 3 aliphatic rings. The van der Waals surface area contributed by atoms with Gasteiger partial charge in [-0.1, -0.05) is 6.07 Å². The first kappa shape index (κ1) is 20.1. The molecule has 0 saturated carbocycles. The van der Waals surface area contributed by atoms with Gasteiger partial charge in [0, 0.05) is 17.8 Å². The van der Waals surface area contributed by atoms with Crippen LogP contribution in [0.1, 0.15) is 24.5 Å². The van der Waals surface area contributed by atoms with Crippen molar-refractivity contribution in [3.05, 3.63) is 46.9 Å². The average Bonchev–Trinajstić information content (AvgIpc) is 2.71. The van der Waals surface area contributed by atoms with E-state index < -0.39 is 12.7 Å². The molecule has 1 N–H and O–H groups in total. The van der Waals surface area contributed by atoms with Crippen molar-refractivity contribution in [2.45, 2.75) is 32.0 Å². The van der Waals surface area contributed by atoms with Crippen molar-refractivity contribution >= 4 is 11.4 Å². The summed E-state index contributed by atoms with van der Waals surface area (Å²) >= 11 is 0. The van der Waals surface area contributed by atoms with Gasteiger partial charge in [0.25, 0.3) is 0 Å². The molecule has 0 aliphatic carbocycles. The van der Waals surface area contributed by atoms with Crippen LogP contribution in [0.15, 0.2) is 35.7 Å². The Bertz CT molecular complexity index is 814. The summed E-state index contributed by atoms with van der Waals surface area (Å²) in [5.74, 6) is 0.810. The van der Waals surface area contributed by atoms with Crippen molar-refractivity contribution in [1.29, 1.82) is 0 Å². The summed E-state index contributed by atoms with van der Waals surface area (Å²) < 4.78 is 54.6. The van der Waals surface area contributed by atoms with E-state index in [0.717, 1.165) is 42.1 Å². The summed E-state index contributed by atoms with van der Waals surface area (Å²) in [4.78, 5) is 2.16. The van der Waals surface area contributed by atoms with E-state index in [1.165, 1.54) is 5.57 Å². The molecule has 3 aliphatic heterocycles. The average molecular weight is 410 g/mol. The molecule has 0 bridgehead atoms. The highest BCUT2D eigenvalue weighted by atomic mass is 19.4. The minimum Gasteiger partial charge on any atom is -0.476 e. The van der Waals surface area contributed by atoms with Gasteiger partial charge < -0.3 is 24.4 Å². The lowest BCUT2D eigenvalue weighted by molar-refractivity contribution is -0.115. The van der Waals surface area contributed by atoms with E-state index >= 15 is 0 Å². The van der Waals surface area contributed by atoms with E-state index in [4.69, 9.17) is 14.2 Å². The lowest BCUT2D eigenvalue weighted by Gasteiger charge is -2.38. The minimum absolute atomic E-state index is 0.0700. The van der Waals surface area contributed by atoms with Crippen molar-refractivity contribution in [3.63, 3.8) is 0 Å². The number of ether oxygens (including phenoxy) is 3. The van der Waals surface area contributed by atoms with Gasteiger partial charge in [0.2, 0.25) is 0 Å². The number of hydrogen-bond donors (Lipinski definition) is 1. The molecule has 1 unspecified atom stereocenters. The Kier molecular flexibility index (Phi) is 5.74. The summed E-state index contributed by atoms with van der Waals surface area (Å²) in [5.41, 5.74) is 4.90. The minimum atomic E-state index is -4.24. The predicted molar refractivity (Wildman–Crippen MR) is 103 cm³/mol. The Hall–Kier alpha value is -2.19. The van der Waals surface area contributed by atoms with Gasteiger partial charge in [0.1, 0.15) is 19.3 Å². The molecule has 0 aromatic heterocycles. The molecule has 1 fully saturated rings. The highest BCUT2D eigenvalue weighted by Gasteiger charge is 2.30. The van der Waals surface area contributed by atoms with Crippen LogP contribution in [0.5, 0.6) is 0 Å². The Labute approximate surface area is 168 Å². The number of anilines is 1. The molecule has 5 nitrogen and oxygen atoms in total. The third kappa shape index (κ3) is 4.70. The van der Waals surface area contributed by atoms with Crippen molar-refractivity contribution in [2.24, 2.45) is 0 Å². The van der Waals surface area contributed by atoms with Gasteiger partial charge in [-0.05, 0) is 49.1 Å². The van der Waals surface area contributed by atoms with Crippen LogP contribution >= 0.6 is 0 Å². The lowest BCUT2D eigenvalue weighted by atomic mass is 9.91. The maximum Gasteiger partial charge on any atom is 0.405 e. The van der Waals surface area contributed by atoms with Gasteiger partial charge in [0.05, 0.1) is 25.5 Å². The fourth-order valence-corrected chi connectivity index (χ4v) is 3.91. The zero-order chi connectivity index (χ0) is 20.4. The molecular weight excluding hydrogens is 385 g/mol. The molecule has 1 aromatic carbocycles. The van der Waals surface area contributed by atoms with Crippen LogP contribution in [0, 0.1) is 0 Å². The number of fused-ring (bicyclic) bond motifs is 3. The molecule has 8 heteroatoms. The number of hydrogen-bond acceptors (Lipinski definition) is 5. The molecule has 29 heavy (non-hydrogen) atoms. The third-order valence-electron chi connectivity index (χ3n) is 5.28. The summed E-state index contributed by atoms with van der Waals surface area (Å²) in [6, 6.07) is 5.44. The molecule has 1 atom stereocenters. The van der Waals surface area contributed by atoms with E-state index in [2.05, 4.69) is 23.2 Å². The van der Waals surface area contributed by atoms with E-state index in [-0.39, 0.29) is 6.10 Å². The first-order valence-electron chi connectivity index (χ1n) is 9.84. The topological polar surface area (TPSA) is 43.0 Å². The number of nitrogens with zero attached hydrogens (tertiary/aromatic N) is 1. The summed E-state index contributed by atoms with van der Waals surface area (Å²) in [5, 5.41) is 2.47. The largest absolute Gasteiger partial charge is 0.476 e. The van der Waals surface area contributed by atoms with Gasteiger partial charge in [-0.2, -0.15) is 13.2 Å². The second-order valence-electron chi connectivity index (χ2n) is 7.50. The maximum absolute atomic E-state index is 12.5. The number of benzene rings is 1. The van der Waals surface area contributed by atoms with E-state index in [0.29, 0.717) is 32.1 Å². The standard InChI is InChI=1S/C21H25F3N2O3/c1-14-2-5-19(29-12-17-11-27-8-9-28-17)26-7-6-15-10-16(25-13-21(22,23)24)3-4-18(15)20(14)26/h3-5,10,17,25H,2,6-9,11-13H2,1H3. The third-order valence-corrected chi connectivity index (χ3v) is 5.28. The van der Waals surface area contributed by atoms with Crippen LogP contribution in [0.25, 0.3) is 5.70 Å². The highest BCUT2D eigenvalue weighted by Crippen LogP contribution is 2.39. The quantitative estimate of drug-likeness (QED) is 0.797. The smallest absolute Gasteiger partial charge is 0.405 e. The monoisotopic (exact) mass is 410 g/mol. The molecule has 4 rings (SSSR count). The van der Waals surface area contributed by atoms with Crippen molar-refractivity contribution in [1.82, 2.24) is 4.90 Å². The van der Waals surface area contributed by atoms with E-state index in [1.807, 2.05) is 12.1 Å². The number of halogens is 3. The van der Waals surface area contributed by atoms with Gasteiger partial charge in [0.15, 0.2) is 5.88 Å². The Morgan fingerprint density at radius 3 is 2.90 bits per heavy atom. The fourth-order valence-electron chi connectivity index (χ4n) is 3.91. The fraction of sp³-hybridized carbons (Fsp3) is 0.524. The van der Waals surface area contributed by atoms with Crippen LogP contribution < -0.4 is 5.32 Å². The van der Waals surface area contributed by atoms with Crippen LogP contribution in [-0.2, 0) is 20.6 Å². The van der Waals surface area contributed by atoms with E-state index in [9.17, 15) is 13.2 Å². The maximum atomic E-state index is 12.5. The molecule has 3 heterocycles.